The van der Waals surface area contributed by atoms with Crippen LogP contribution < -0.4 is 5.32 Å². The van der Waals surface area contributed by atoms with E-state index in [-0.39, 0.29) is 17.1 Å². The Morgan fingerprint density at radius 2 is 1.62 bits per heavy atom. The summed E-state index contributed by atoms with van der Waals surface area (Å²) in [5.74, 6) is 0.457. The van der Waals surface area contributed by atoms with E-state index in [4.69, 9.17) is 4.74 Å². The lowest BCUT2D eigenvalue weighted by molar-refractivity contribution is -0.135. The van der Waals surface area contributed by atoms with Crippen molar-refractivity contribution in [2.24, 2.45) is 16.7 Å². The van der Waals surface area contributed by atoms with E-state index in [2.05, 4.69) is 5.32 Å². The summed E-state index contributed by atoms with van der Waals surface area (Å²) in [6.07, 6.45) is 2.36. The average Bonchev–Trinajstić information content (AvgIpc) is 2.34. The van der Waals surface area contributed by atoms with Gasteiger partial charge in [-0.05, 0) is 24.2 Å². The molecule has 4 nitrogen and oxygen atoms in total. The Morgan fingerprint density at radius 3 is 2.05 bits per heavy atom. The van der Waals surface area contributed by atoms with Gasteiger partial charge in [0.2, 0.25) is 5.91 Å². The number of hydrogen-bond donors (Lipinski definition) is 1. The zero-order valence-electron chi connectivity index (χ0n) is 14.4. The largest absolute Gasteiger partial charge is 0.381 e. The van der Waals surface area contributed by atoms with Crippen LogP contribution in [0.5, 0.6) is 0 Å². The topological polar surface area (TPSA) is 55.4 Å². The molecule has 1 N–H and O–H groups in total. The quantitative estimate of drug-likeness (QED) is 0.868. The number of ether oxygens (including phenoxy) is 1. The van der Waals surface area contributed by atoms with Gasteiger partial charge in [-0.15, -0.1) is 0 Å². The minimum Gasteiger partial charge on any atom is -0.381 e. The zero-order valence-corrected chi connectivity index (χ0v) is 14.4. The molecule has 0 aliphatic carbocycles. The Labute approximate surface area is 129 Å². The number of hydrogen-bond acceptors (Lipinski definition) is 3. The molecule has 1 fully saturated rings. The summed E-state index contributed by atoms with van der Waals surface area (Å²) >= 11 is 0. The Bertz CT molecular complexity index is 370. The molecule has 0 bridgehead atoms. The number of nitrogens with one attached hydrogen (secondary N) is 1. The van der Waals surface area contributed by atoms with Gasteiger partial charge in [-0.3, -0.25) is 9.59 Å². The monoisotopic (exact) mass is 297 g/mol. The van der Waals surface area contributed by atoms with Crippen molar-refractivity contribution in [1.82, 2.24) is 5.32 Å². The van der Waals surface area contributed by atoms with Crippen molar-refractivity contribution in [2.75, 3.05) is 13.2 Å². The maximum atomic E-state index is 12.6. The van der Waals surface area contributed by atoms with Crippen molar-refractivity contribution in [3.63, 3.8) is 0 Å². The molecule has 0 saturated carbocycles. The van der Waals surface area contributed by atoms with Crippen LogP contribution in [0.1, 0.15) is 60.8 Å². The molecule has 0 spiro atoms. The third kappa shape index (κ3) is 5.77. The lowest BCUT2D eigenvalue weighted by Gasteiger charge is -2.35. The number of carbonyl (C=O) groups excluding carboxylic acids is 2. The standard InChI is InChI=1S/C17H31NO3/c1-16(2,3)14(15(20)17(4,5)6)18-13(19)11-12-7-9-21-10-8-12/h12,14H,7-11H2,1-6H3,(H,18,19). The number of ketones is 1. The molecular weight excluding hydrogens is 266 g/mol. The first-order valence-corrected chi connectivity index (χ1v) is 7.93. The molecule has 1 amide bonds. The van der Waals surface area contributed by atoms with E-state index in [1.165, 1.54) is 0 Å². The number of Topliss-reactive ketones (excluding diaryl/α,β-unsaturated/α-hetero) is 1. The van der Waals surface area contributed by atoms with E-state index in [0.29, 0.717) is 12.3 Å². The van der Waals surface area contributed by atoms with Gasteiger partial charge in [-0.1, -0.05) is 41.5 Å². The second-order valence-corrected chi connectivity index (χ2v) is 8.24. The Morgan fingerprint density at radius 1 is 1.10 bits per heavy atom. The minimum absolute atomic E-state index is 0.0144. The van der Waals surface area contributed by atoms with E-state index in [1.54, 1.807) is 0 Å². The van der Waals surface area contributed by atoms with Crippen LogP contribution in [-0.2, 0) is 14.3 Å². The maximum Gasteiger partial charge on any atom is 0.220 e. The van der Waals surface area contributed by atoms with Crippen LogP contribution in [0.2, 0.25) is 0 Å². The predicted octanol–water partition coefficient (Wildman–Crippen LogP) is 2.95. The van der Waals surface area contributed by atoms with Crippen molar-refractivity contribution in [3.8, 4) is 0 Å². The summed E-state index contributed by atoms with van der Waals surface area (Å²) in [7, 11) is 0. The molecule has 4 heteroatoms. The summed E-state index contributed by atoms with van der Waals surface area (Å²) in [6.45, 7) is 13.2. The van der Waals surface area contributed by atoms with Crippen LogP contribution >= 0.6 is 0 Å². The third-order valence-corrected chi connectivity index (χ3v) is 3.99. The summed E-state index contributed by atoms with van der Waals surface area (Å²) in [6, 6.07) is -0.440. The van der Waals surface area contributed by atoms with Gasteiger partial charge in [0.25, 0.3) is 0 Å². The van der Waals surface area contributed by atoms with Gasteiger partial charge >= 0.3 is 0 Å². The van der Waals surface area contributed by atoms with Crippen molar-refractivity contribution in [1.29, 1.82) is 0 Å². The maximum absolute atomic E-state index is 12.6. The fourth-order valence-electron chi connectivity index (χ4n) is 2.54. The van der Waals surface area contributed by atoms with Crippen LogP contribution in [-0.4, -0.2) is 30.9 Å². The Balaban J connectivity index is 2.68. The second-order valence-electron chi connectivity index (χ2n) is 8.24. The highest BCUT2D eigenvalue weighted by Crippen LogP contribution is 2.28. The highest BCUT2D eigenvalue weighted by atomic mass is 16.5. The van der Waals surface area contributed by atoms with Gasteiger partial charge in [-0.2, -0.15) is 0 Å². The van der Waals surface area contributed by atoms with Gasteiger partial charge in [0, 0.05) is 25.0 Å². The third-order valence-electron chi connectivity index (χ3n) is 3.99. The lowest BCUT2D eigenvalue weighted by Crippen LogP contribution is -2.53. The number of rotatable bonds is 4. The molecule has 1 heterocycles. The molecule has 0 aromatic heterocycles. The van der Waals surface area contributed by atoms with E-state index >= 15 is 0 Å². The summed E-state index contributed by atoms with van der Waals surface area (Å²) in [5.41, 5.74) is -0.737. The summed E-state index contributed by atoms with van der Waals surface area (Å²) in [5, 5.41) is 2.98. The SMILES string of the molecule is CC(C)(C)C(=O)C(NC(=O)CC1CCOCC1)C(C)(C)C. The van der Waals surface area contributed by atoms with Crippen LogP contribution in [0, 0.1) is 16.7 Å². The van der Waals surface area contributed by atoms with Crippen LogP contribution in [0.4, 0.5) is 0 Å². The normalized spacial score (nSPS) is 19.1. The molecule has 1 atom stereocenters. The summed E-state index contributed by atoms with van der Waals surface area (Å²) in [4.78, 5) is 24.9. The number of amides is 1. The van der Waals surface area contributed by atoms with E-state index in [0.717, 1.165) is 26.1 Å². The second kappa shape index (κ2) is 6.91. The van der Waals surface area contributed by atoms with Crippen molar-refractivity contribution in [2.45, 2.75) is 66.8 Å². The lowest BCUT2D eigenvalue weighted by atomic mass is 9.75. The molecule has 1 aliphatic rings. The molecule has 1 rings (SSSR count). The minimum atomic E-state index is -0.454. The Hall–Kier alpha value is -0.900. The highest BCUT2D eigenvalue weighted by molar-refractivity contribution is 5.93. The van der Waals surface area contributed by atoms with Gasteiger partial charge in [-0.25, -0.2) is 0 Å². The molecule has 122 valence electrons. The van der Waals surface area contributed by atoms with Gasteiger partial charge in [0.05, 0.1) is 6.04 Å². The van der Waals surface area contributed by atoms with Crippen molar-refractivity contribution >= 4 is 11.7 Å². The molecule has 1 unspecified atom stereocenters. The van der Waals surface area contributed by atoms with Crippen LogP contribution in [0.15, 0.2) is 0 Å². The van der Waals surface area contributed by atoms with Gasteiger partial charge in [0.1, 0.15) is 0 Å². The fraction of sp³-hybridized carbons (Fsp3) is 0.882. The fourth-order valence-corrected chi connectivity index (χ4v) is 2.54. The van der Waals surface area contributed by atoms with Crippen LogP contribution in [0.3, 0.4) is 0 Å². The molecule has 0 radical (unpaired) electrons. The molecule has 0 aromatic rings. The zero-order chi connectivity index (χ0) is 16.3. The molecule has 0 aromatic carbocycles. The first-order valence-electron chi connectivity index (χ1n) is 7.93. The average molecular weight is 297 g/mol. The van der Waals surface area contributed by atoms with E-state index in [1.807, 2.05) is 41.5 Å². The molecular formula is C17H31NO3. The highest BCUT2D eigenvalue weighted by Gasteiger charge is 2.38. The molecule has 1 saturated heterocycles. The van der Waals surface area contributed by atoms with E-state index < -0.39 is 11.5 Å². The van der Waals surface area contributed by atoms with Gasteiger partial charge < -0.3 is 10.1 Å². The first-order chi connectivity index (χ1) is 9.51. The predicted molar refractivity (Wildman–Crippen MR) is 84.0 cm³/mol. The van der Waals surface area contributed by atoms with Crippen molar-refractivity contribution < 1.29 is 14.3 Å². The van der Waals surface area contributed by atoms with Crippen LogP contribution in [0.25, 0.3) is 0 Å². The van der Waals surface area contributed by atoms with E-state index in [9.17, 15) is 9.59 Å². The van der Waals surface area contributed by atoms with Gasteiger partial charge in [0.15, 0.2) is 5.78 Å². The Kier molecular flexibility index (Phi) is 5.97. The number of carbonyl (C=O) groups is 2. The molecule has 21 heavy (non-hydrogen) atoms. The first kappa shape index (κ1) is 18.1. The summed E-state index contributed by atoms with van der Waals surface area (Å²) < 4.78 is 5.31. The smallest absolute Gasteiger partial charge is 0.220 e. The van der Waals surface area contributed by atoms with Crippen molar-refractivity contribution in [3.05, 3.63) is 0 Å². The molecule has 1 aliphatic heterocycles.